The first-order chi connectivity index (χ1) is 7.66. The first-order valence-electron chi connectivity index (χ1n) is 6.58. The molecule has 0 saturated heterocycles. The van der Waals surface area contributed by atoms with Crippen LogP contribution in [0.4, 0.5) is 0 Å². The maximum absolute atomic E-state index is 11.9. The summed E-state index contributed by atoms with van der Waals surface area (Å²) in [6.07, 6.45) is 7.00. The van der Waals surface area contributed by atoms with Gasteiger partial charge in [-0.3, -0.25) is 4.79 Å². The van der Waals surface area contributed by atoms with E-state index in [0.717, 1.165) is 18.8 Å². The van der Waals surface area contributed by atoms with Gasteiger partial charge in [-0.1, -0.05) is 6.92 Å². The van der Waals surface area contributed by atoms with Gasteiger partial charge in [0.05, 0.1) is 5.38 Å². The first kappa shape index (κ1) is 12.2. The lowest BCUT2D eigenvalue weighted by Gasteiger charge is -2.25. The van der Waals surface area contributed by atoms with E-state index in [4.69, 9.17) is 11.6 Å². The average Bonchev–Trinajstić information content (AvgIpc) is 3.10. The normalized spacial score (nSPS) is 32.1. The molecule has 2 nitrogen and oxygen atoms in total. The van der Waals surface area contributed by atoms with E-state index in [0.29, 0.717) is 12.5 Å². The van der Waals surface area contributed by atoms with Gasteiger partial charge in [-0.2, -0.15) is 0 Å². The zero-order valence-corrected chi connectivity index (χ0v) is 10.8. The van der Waals surface area contributed by atoms with E-state index in [9.17, 15) is 4.79 Å². The quantitative estimate of drug-likeness (QED) is 0.756. The number of rotatable bonds is 4. The minimum Gasteiger partial charge on any atom is -0.354 e. The topological polar surface area (TPSA) is 29.1 Å². The second kappa shape index (κ2) is 5.39. The second-order valence-electron chi connectivity index (χ2n) is 5.56. The molecule has 3 heteroatoms. The highest BCUT2D eigenvalue weighted by Crippen LogP contribution is 2.35. The van der Waals surface area contributed by atoms with Crippen molar-refractivity contribution in [3.05, 3.63) is 0 Å². The Morgan fingerprint density at radius 1 is 1.25 bits per heavy atom. The summed E-state index contributed by atoms with van der Waals surface area (Å²) in [5.74, 6) is 1.95. The molecule has 0 spiro atoms. The number of carbonyl (C=O) groups excluding carboxylic acids is 1. The fraction of sp³-hybridized carbons (Fsp3) is 0.923. The maximum Gasteiger partial charge on any atom is 0.223 e. The average molecular weight is 244 g/mol. The highest BCUT2D eigenvalue weighted by Gasteiger charge is 2.30. The molecular formula is C13H22ClNO. The van der Waals surface area contributed by atoms with Crippen LogP contribution in [0.25, 0.3) is 0 Å². The van der Waals surface area contributed by atoms with Gasteiger partial charge in [0.25, 0.3) is 0 Å². The fourth-order valence-corrected chi connectivity index (χ4v) is 2.82. The molecule has 92 valence electrons. The van der Waals surface area contributed by atoms with E-state index in [1.54, 1.807) is 0 Å². The van der Waals surface area contributed by atoms with Crippen molar-refractivity contribution in [2.24, 2.45) is 17.8 Å². The highest BCUT2D eigenvalue weighted by atomic mass is 35.5. The van der Waals surface area contributed by atoms with Crippen LogP contribution in [0.15, 0.2) is 0 Å². The lowest BCUT2D eigenvalue weighted by molar-refractivity contribution is -0.126. The van der Waals surface area contributed by atoms with Crippen molar-refractivity contribution in [2.75, 3.05) is 6.54 Å². The van der Waals surface area contributed by atoms with Crippen molar-refractivity contribution in [3.8, 4) is 0 Å². The number of hydrogen-bond donors (Lipinski definition) is 1. The van der Waals surface area contributed by atoms with Crippen molar-refractivity contribution in [1.82, 2.24) is 5.32 Å². The van der Waals surface area contributed by atoms with Crippen molar-refractivity contribution in [3.63, 3.8) is 0 Å². The minimum atomic E-state index is 0.159. The number of nitrogens with one attached hydrogen (secondary N) is 1. The van der Waals surface area contributed by atoms with Crippen LogP contribution in [0.1, 0.15) is 45.4 Å². The van der Waals surface area contributed by atoms with Crippen LogP contribution >= 0.6 is 11.6 Å². The van der Waals surface area contributed by atoms with Gasteiger partial charge >= 0.3 is 0 Å². The van der Waals surface area contributed by atoms with Gasteiger partial charge in [-0.25, -0.2) is 0 Å². The van der Waals surface area contributed by atoms with E-state index in [2.05, 4.69) is 12.2 Å². The Balaban J connectivity index is 1.66. The predicted octanol–water partition coefficient (Wildman–Crippen LogP) is 2.95. The molecule has 1 atom stereocenters. The Kier molecular flexibility index (Phi) is 4.12. The zero-order chi connectivity index (χ0) is 11.5. The van der Waals surface area contributed by atoms with Gasteiger partial charge in [-0.15, -0.1) is 11.6 Å². The molecule has 2 fully saturated rings. The van der Waals surface area contributed by atoms with E-state index in [1.807, 2.05) is 0 Å². The van der Waals surface area contributed by atoms with Crippen LogP contribution in [-0.2, 0) is 4.79 Å². The molecule has 2 aliphatic rings. The van der Waals surface area contributed by atoms with Gasteiger partial charge in [0.1, 0.15) is 0 Å². The van der Waals surface area contributed by atoms with Crippen molar-refractivity contribution in [2.45, 2.75) is 50.8 Å². The van der Waals surface area contributed by atoms with E-state index in [1.165, 1.54) is 25.7 Å². The molecule has 0 aromatic rings. The Hall–Kier alpha value is -0.240. The number of amides is 1. The lowest BCUT2D eigenvalue weighted by Crippen LogP contribution is -2.36. The molecule has 2 aliphatic carbocycles. The Morgan fingerprint density at radius 2 is 1.88 bits per heavy atom. The molecule has 0 bridgehead atoms. The van der Waals surface area contributed by atoms with Gasteiger partial charge in [0, 0.05) is 12.5 Å². The summed E-state index contributed by atoms with van der Waals surface area (Å²) in [7, 11) is 0. The molecule has 0 radical (unpaired) electrons. The molecule has 2 saturated carbocycles. The smallest absolute Gasteiger partial charge is 0.223 e. The predicted molar refractivity (Wildman–Crippen MR) is 66.5 cm³/mol. The van der Waals surface area contributed by atoms with Crippen LogP contribution in [0.2, 0.25) is 0 Å². The summed E-state index contributed by atoms with van der Waals surface area (Å²) in [4.78, 5) is 11.9. The minimum absolute atomic E-state index is 0.159. The van der Waals surface area contributed by atoms with E-state index >= 15 is 0 Å². The number of carbonyl (C=O) groups is 1. The monoisotopic (exact) mass is 243 g/mol. The molecule has 0 heterocycles. The molecule has 1 amide bonds. The summed E-state index contributed by atoms with van der Waals surface area (Å²) in [6, 6.07) is 0. The fourth-order valence-electron chi connectivity index (χ4n) is 2.49. The number of alkyl halides is 1. The summed E-state index contributed by atoms with van der Waals surface area (Å²) in [6.45, 7) is 2.94. The number of halogens is 1. The summed E-state index contributed by atoms with van der Waals surface area (Å²) < 4.78 is 0. The third-order valence-corrected chi connectivity index (χ3v) is 4.50. The third-order valence-electron chi connectivity index (χ3n) is 3.99. The Morgan fingerprint density at radius 3 is 2.44 bits per heavy atom. The Labute approximate surface area is 103 Å². The van der Waals surface area contributed by atoms with Crippen LogP contribution < -0.4 is 5.32 Å². The lowest BCUT2D eigenvalue weighted by atomic mass is 9.82. The van der Waals surface area contributed by atoms with Gasteiger partial charge in [0.15, 0.2) is 0 Å². The largest absolute Gasteiger partial charge is 0.354 e. The maximum atomic E-state index is 11.9. The van der Waals surface area contributed by atoms with Crippen LogP contribution in [0.5, 0.6) is 0 Å². The van der Waals surface area contributed by atoms with E-state index < -0.39 is 0 Å². The van der Waals surface area contributed by atoms with Crippen LogP contribution in [0, 0.1) is 17.8 Å². The summed E-state index contributed by atoms with van der Waals surface area (Å²) in [5.41, 5.74) is 0. The number of hydrogen-bond acceptors (Lipinski definition) is 1. The molecule has 1 N–H and O–H groups in total. The summed E-state index contributed by atoms with van der Waals surface area (Å²) in [5, 5.41) is 3.18. The first-order valence-corrected chi connectivity index (χ1v) is 7.02. The second-order valence-corrected chi connectivity index (χ2v) is 6.12. The molecule has 0 aromatic carbocycles. The molecule has 0 aliphatic heterocycles. The zero-order valence-electron chi connectivity index (χ0n) is 10.0. The summed E-state index contributed by atoms with van der Waals surface area (Å²) >= 11 is 6.17. The van der Waals surface area contributed by atoms with Gasteiger partial charge in [-0.05, 0) is 50.4 Å². The Bertz CT molecular complexity index is 244. The SMILES string of the molecule is CC1CCC(C(=O)NCC(Cl)C2CC2)CC1. The highest BCUT2D eigenvalue weighted by molar-refractivity contribution is 6.21. The van der Waals surface area contributed by atoms with Gasteiger partial charge < -0.3 is 5.32 Å². The molecule has 16 heavy (non-hydrogen) atoms. The molecule has 0 aromatic heterocycles. The molecular weight excluding hydrogens is 222 g/mol. The molecule has 2 rings (SSSR count). The standard InChI is InChI=1S/C13H22ClNO/c1-9-2-4-11(5-3-9)13(16)15-8-12(14)10-6-7-10/h9-12H,2-8H2,1H3,(H,15,16). The third kappa shape index (κ3) is 3.38. The van der Waals surface area contributed by atoms with E-state index in [-0.39, 0.29) is 17.2 Å². The van der Waals surface area contributed by atoms with Gasteiger partial charge in [0.2, 0.25) is 5.91 Å². The van der Waals surface area contributed by atoms with Crippen molar-refractivity contribution < 1.29 is 4.79 Å². The molecule has 1 unspecified atom stereocenters. The van der Waals surface area contributed by atoms with Crippen molar-refractivity contribution in [1.29, 1.82) is 0 Å². The van der Waals surface area contributed by atoms with Crippen LogP contribution in [0.3, 0.4) is 0 Å². The van der Waals surface area contributed by atoms with Crippen molar-refractivity contribution >= 4 is 17.5 Å². The van der Waals surface area contributed by atoms with Crippen LogP contribution in [-0.4, -0.2) is 17.8 Å².